The number of benzene rings is 1. The van der Waals surface area contributed by atoms with Crippen molar-refractivity contribution in [2.75, 3.05) is 7.11 Å². The third-order valence-corrected chi connectivity index (χ3v) is 5.47. The predicted octanol–water partition coefficient (Wildman–Crippen LogP) is 4.64. The molecular formula is C18H26O2S. The largest absolute Gasteiger partial charge is 0.370 e. The lowest BCUT2D eigenvalue weighted by Crippen LogP contribution is -2.21. The molecule has 2 atom stereocenters. The van der Waals surface area contributed by atoms with Crippen LogP contribution in [0.5, 0.6) is 0 Å². The fourth-order valence-corrected chi connectivity index (χ4v) is 4.17. The molecule has 1 aliphatic heterocycles. The summed E-state index contributed by atoms with van der Waals surface area (Å²) in [5.74, 6) is 0.731. The summed E-state index contributed by atoms with van der Waals surface area (Å²) in [6.07, 6.45) is 6.08. The van der Waals surface area contributed by atoms with Crippen LogP contribution in [0.3, 0.4) is 0 Å². The van der Waals surface area contributed by atoms with E-state index in [1.165, 1.54) is 22.4 Å². The van der Waals surface area contributed by atoms with E-state index < -0.39 is 0 Å². The summed E-state index contributed by atoms with van der Waals surface area (Å²) in [6, 6.07) is 6.66. The van der Waals surface area contributed by atoms with Gasteiger partial charge in [-0.1, -0.05) is 44.2 Å². The third kappa shape index (κ3) is 4.10. The first-order valence-electron chi connectivity index (χ1n) is 8.10. The number of methoxy groups -OCH3 is 1. The van der Waals surface area contributed by atoms with E-state index in [2.05, 4.69) is 18.2 Å². The molecule has 21 heavy (non-hydrogen) atoms. The molecule has 0 saturated heterocycles. The van der Waals surface area contributed by atoms with E-state index in [4.69, 9.17) is 4.74 Å². The van der Waals surface area contributed by atoms with Gasteiger partial charge in [0.25, 0.3) is 0 Å². The van der Waals surface area contributed by atoms with Crippen molar-refractivity contribution < 1.29 is 9.53 Å². The molecule has 2 nitrogen and oxygen atoms in total. The number of ether oxygens (including phenoxy) is 1. The van der Waals surface area contributed by atoms with Gasteiger partial charge < -0.3 is 4.74 Å². The number of thioether (sulfide) groups is 1. The van der Waals surface area contributed by atoms with E-state index in [9.17, 15) is 4.79 Å². The zero-order valence-corrected chi connectivity index (χ0v) is 14.2. The van der Waals surface area contributed by atoms with Gasteiger partial charge in [0.05, 0.1) is 0 Å². The van der Waals surface area contributed by atoms with Gasteiger partial charge in [0.2, 0.25) is 0 Å². The van der Waals surface area contributed by atoms with E-state index in [1.807, 2.05) is 13.8 Å². The molecule has 0 aromatic heterocycles. The Balaban J connectivity index is 0.000000774. The molecule has 0 radical (unpaired) electrons. The molecule has 0 N–H and O–H groups in total. The van der Waals surface area contributed by atoms with Gasteiger partial charge in [-0.15, -0.1) is 0 Å². The average Bonchev–Trinajstić information content (AvgIpc) is 2.94. The molecule has 0 spiro atoms. The van der Waals surface area contributed by atoms with Crippen LogP contribution in [-0.4, -0.2) is 18.3 Å². The van der Waals surface area contributed by atoms with Crippen molar-refractivity contribution >= 4 is 17.5 Å². The highest BCUT2D eigenvalue weighted by atomic mass is 32.2. The maximum Gasteiger partial charge on any atom is 0.136 e. The highest BCUT2D eigenvalue weighted by Gasteiger charge is 2.25. The summed E-state index contributed by atoms with van der Waals surface area (Å²) >= 11 is 1.80. The van der Waals surface area contributed by atoms with Gasteiger partial charge in [0, 0.05) is 30.8 Å². The van der Waals surface area contributed by atoms with Crippen molar-refractivity contribution in [2.24, 2.45) is 5.92 Å². The molecule has 2 unspecified atom stereocenters. The van der Waals surface area contributed by atoms with Gasteiger partial charge in [-0.2, -0.15) is 0 Å². The van der Waals surface area contributed by atoms with Crippen LogP contribution in [-0.2, 0) is 22.4 Å². The molecule has 1 saturated carbocycles. The van der Waals surface area contributed by atoms with Gasteiger partial charge in [-0.05, 0) is 36.5 Å². The molecular weight excluding hydrogens is 280 g/mol. The quantitative estimate of drug-likeness (QED) is 0.814. The van der Waals surface area contributed by atoms with Gasteiger partial charge in [0.1, 0.15) is 11.2 Å². The Morgan fingerprint density at radius 1 is 1.29 bits per heavy atom. The Morgan fingerprint density at radius 3 is 2.81 bits per heavy atom. The second kappa shape index (κ2) is 8.00. The normalized spacial score (nSPS) is 24.2. The number of carbonyl (C=O) groups excluding carboxylic acids is 1. The van der Waals surface area contributed by atoms with Gasteiger partial charge in [0.15, 0.2) is 0 Å². The van der Waals surface area contributed by atoms with Crippen LogP contribution in [0.4, 0.5) is 0 Å². The Morgan fingerprint density at radius 2 is 2.10 bits per heavy atom. The van der Waals surface area contributed by atoms with Crippen molar-refractivity contribution in [1.82, 2.24) is 0 Å². The monoisotopic (exact) mass is 306 g/mol. The second-order valence-corrected chi connectivity index (χ2v) is 6.74. The van der Waals surface area contributed by atoms with E-state index in [0.29, 0.717) is 5.78 Å². The fraction of sp³-hybridized carbons (Fsp3) is 0.611. The Labute approximate surface area is 132 Å². The van der Waals surface area contributed by atoms with E-state index in [1.54, 1.807) is 18.9 Å². The first-order valence-corrected chi connectivity index (χ1v) is 8.98. The highest BCUT2D eigenvalue weighted by Crippen LogP contribution is 2.38. The van der Waals surface area contributed by atoms with Crippen LogP contribution < -0.4 is 0 Å². The van der Waals surface area contributed by atoms with E-state index in [0.717, 1.165) is 32.1 Å². The lowest BCUT2D eigenvalue weighted by atomic mass is 9.83. The number of ketones is 1. The lowest BCUT2D eigenvalue weighted by Gasteiger charge is -2.20. The van der Waals surface area contributed by atoms with E-state index >= 15 is 0 Å². The minimum Gasteiger partial charge on any atom is -0.370 e. The van der Waals surface area contributed by atoms with Crippen LogP contribution in [0, 0.1) is 5.92 Å². The zero-order chi connectivity index (χ0) is 15.2. The van der Waals surface area contributed by atoms with Crippen LogP contribution in [0.1, 0.15) is 50.7 Å². The standard InChI is InChI=1S/C16H20O2S.C2H6/c1-18-16-10-13-9-11(6-7-15(13)19-16)8-12-4-2-3-5-14(12)17;1-2/h6-7,9,12,16H,2-5,8,10H2,1H3;1-2H3. The topological polar surface area (TPSA) is 26.3 Å². The van der Waals surface area contributed by atoms with Gasteiger partial charge in [-0.3, -0.25) is 4.79 Å². The second-order valence-electron chi connectivity index (χ2n) is 5.54. The van der Waals surface area contributed by atoms with Crippen molar-refractivity contribution in [1.29, 1.82) is 0 Å². The maximum absolute atomic E-state index is 11.9. The molecule has 2 aliphatic rings. The van der Waals surface area contributed by atoms with Crippen molar-refractivity contribution in [3.8, 4) is 0 Å². The summed E-state index contributed by atoms with van der Waals surface area (Å²) < 4.78 is 5.41. The zero-order valence-electron chi connectivity index (χ0n) is 13.4. The maximum atomic E-state index is 11.9. The first-order chi connectivity index (χ1) is 10.3. The Hall–Kier alpha value is -0.800. The Bertz CT molecular complexity index is 484. The number of hydrogen-bond acceptors (Lipinski definition) is 3. The van der Waals surface area contributed by atoms with Crippen molar-refractivity contribution in [3.05, 3.63) is 29.3 Å². The highest BCUT2D eigenvalue weighted by molar-refractivity contribution is 8.00. The molecule has 1 fully saturated rings. The molecule has 1 aromatic carbocycles. The SMILES string of the molecule is CC.COC1Cc2cc(CC3CCCCC3=O)ccc2S1. The third-order valence-electron chi connectivity index (χ3n) is 4.20. The molecule has 116 valence electrons. The van der Waals surface area contributed by atoms with Gasteiger partial charge in [-0.25, -0.2) is 0 Å². The number of Topliss-reactive ketones (excluding diaryl/α,β-unsaturated/α-hetero) is 1. The number of carbonyl (C=O) groups is 1. The first kappa shape index (κ1) is 16.6. The van der Waals surface area contributed by atoms with E-state index in [-0.39, 0.29) is 11.4 Å². The van der Waals surface area contributed by atoms with Crippen molar-refractivity contribution in [3.63, 3.8) is 0 Å². The molecule has 0 amide bonds. The number of hydrogen-bond donors (Lipinski definition) is 0. The number of rotatable bonds is 3. The molecule has 1 heterocycles. The molecule has 1 aliphatic carbocycles. The summed E-state index contributed by atoms with van der Waals surface area (Å²) in [6.45, 7) is 4.00. The average molecular weight is 306 g/mol. The summed E-state index contributed by atoms with van der Waals surface area (Å²) in [4.78, 5) is 13.2. The smallest absolute Gasteiger partial charge is 0.136 e. The van der Waals surface area contributed by atoms with Crippen LogP contribution in [0.2, 0.25) is 0 Å². The summed E-state index contributed by atoms with van der Waals surface area (Å²) in [7, 11) is 1.77. The Kier molecular flexibility index (Phi) is 6.31. The molecule has 1 aromatic rings. The minimum absolute atomic E-state index is 0.263. The van der Waals surface area contributed by atoms with Crippen molar-refractivity contribution in [2.45, 2.75) is 62.7 Å². The predicted molar refractivity (Wildman–Crippen MR) is 88.8 cm³/mol. The fourth-order valence-electron chi connectivity index (χ4n) is 3.08. The van der Waals surface area contributed by atoms with Crippen LogP contribution >= 0.6 is 11.8 Å². The molecule has 3 rings (SSSR count). The summed E-state index contributed by atoms with van der Waals surface area (Å²) in [5.41, 5.74) is 2.97. The van der Waals surface area contributed by atoms with Crippen LogP contribution in [0.15, 0.2) is 23.1 Å². The molecule has 0 bridgehead atoms. The van der Waals surface area contributed by atoms with Crippen LogP contribution in [0.25, 0.3) is 0 Å². The number of fused-ring (bicyclic) bond motifs is 1. The molecule has 3 heteroatoms. The summed E-state index contributed by atoms with van der Waals surface area (Å²) in [5, 5.41) is 0. The lowest BCUT2D eigenvalue weighted by molar-refractivity contribution is -0.124. The minimum atomic E-state index is 0.263. The van der Waals surface area contributed by atoms with Gasteiger partial charge >= 0.3 is 0 Å².